The van der Waals surface area contributed by atoms with Crippen LogP contribution >= 0.6 is 22.7 Å². The summed E-state index contributed by atoms with van der Waals surface area (Å²) in [6.45, 7) is 9.75. The molecule has 1 atom stereocenters. The molecule has 10 aromatic heterocycles. The highest BCUT2D eigenvalue weighted by atomic mass is 32.1. The number of aromatic nitrogens is 10. The predicted octanol–water partition coefficient (Wildman–Crippen LogP) is 14.7. The first-order chi connectivity index (χ1) is 36.4. The third kappa shape index (κ3) is 8.85. The van der Waals surface area contributed by atoms with Crippen LogP contribution in [0.1, 0.15) is 24.5 Å². The molecule has 13 aromatic rings. The van der Waals surface area contributed by atoms with E-state index in [9.17, 15) is 0 Å². The summed E-state index contributed by atoms with van der Waals surface area (Å²) in [4.78, 5) is 31.2. The molecule has 0 amide bonds. The molecule has 0 aliphatic carbocycles. The molecule has 3 aromatic carbocycles. The number of nitrogens with one attached hydrogen (secondary N) is 5. The molecule has 0 saturated carbocycles. The molecular formula is C60H48N12S2. The zero-order chi connectivity index (χ0) is 49.5. The fraction of sp³-hybridized carbons (Fsp3) is 0.100. The van der Waals surface area contributed by atoms with Crippen LogP contribution in [-0.2, 0) is 6.54 Å². The molecule has 14 heteroatoms. The summed E-state index contributed by atoms with van der Waals surface area (Å²) in [5.74, 6) is 0.774. The van der Waals surface area contributed by atoms with Crippen molar-refractivity contribution in [3.8, 4) is 66.2 Å². The Balaban J connectivity index is 0.000000143. The van der Waals surface area contributed by atoms with Crippen molar-refractivity contribution in [3.05, 3.63) is 193 Å². The van der Waals surface area contributed by atoms with Gasteiger partial charge in [0.15, 0.2) is 0 Å². The Bertz CT molecular complexity index is 4130. The topological polar surface area (TPSA) is 156 Å². The van der Waals surface area contributed by atoms with E-state index >= 15 is 0 Å². The highest BCUT2D eigenvalue weighted by molar-refractivity contribution is 7.14. The molecule has 12 nitrogen and oxygen atoms in total. The summed E-state index contributed by atoms with van der Waals surface area (Å²) in [6, 6.07) is 47.9. The van der Waals surface area contributed by atoms with Crippen LogP contribution in [0.15, 0.2) is 182 Å². The van der Waals surface area contributed by atoms with Crippen molar-refractivity contribution in [2.24, 2.45) is 5.92 Å². The average Bonchev–Trinajstić information content (AvgIpc) is 4.30. The Labute approximate surface area is 434 Å². The number of hydrogen-bond acceptors (Lipinski definition) is 10. The van der Waals surface area contributed by atoms with Gasteiger partial charge in [0.1, 0.15) is 22.4 Å². The van der Waals surface area contributed by atoms with Gasteiger partial charge in [-0.1, -0.05) is 80.2 Å². The SMILES string of the molecule is C=C(Nc1cncc(-c2ccc3[nH]nc(-c4cc5c(-c6cccs6)cccc5[nH]4)c3n2)c1)c1ccccc1.CC1CCN(Cc2cncc(-c3ccc4[nH]nc(-c5cc6c(-c7cccs7)cccc6[nH]5)c4n3)c2)C1. The van der Waals surface area contributed by atoms with Crippen molar-refractivity contribution in [3.63, 3.8) is 0 Å². The van der Waals surface area contributed by atoms with E-state index in [-0.39, 0.29) is 0 Å². The van der Waals surface area contributed by atoms with Crippen molar-refractivity contribution in [2.75, 3.05) is 18.4 Å². The zero-order valence-electron chi connectivity index (χ0n) is 40.3. The first-order valence-electron chi connectivity index (χ1n) is 24.6. The number of nitrogens with zero attached hydrogens (tertiary/aromatic N) is 7. The van der Waals surface area contributed by atoms with Crippen LogP contribution in [-0.4, -0.2) is 68.3 Å². The van der Waals surface area contributed by atoms with Gasteiger partial charge >= 0.3 is 0 Å². The second-order valence-corrected chi connectivity index (χ2v) is 20.7. The normalized spacial score (nSPS) is 13.8. The lowest BCUT2D eigenvalue weighted by molar-refractivity contribution is 0.320. The van der Waals surface area contributed by atoms with Gasteiger partial charge in [0.25, 0.3) is 0 Å². The van der Waals surface area contributed by atoms with Crippen molar-refractivity contribution in [1.29, 1.82) is 0 Å². The van der Waals surface area contributed by atoms with Gasteiger partial charge in [-0.2, -0.15) is 10.2 Å². The smallest absolute Gasteiger partial charge is 0.135 e. The summed E-state index contributed by atoms with van der Waals surface area (Å²) in [5, 5.41) is 25.5. The maximum Gasteiger partial charge on any atom is 0.135 e. The van der Waals surface area contributed by atoms with E-state index in [1.807, 2.05) is 73.2 Å². The van der Waals surface area contributed by atoms with Crippen LogP contribution in [0.5, 0.6) is 0 Å². The largest absolute Gasteiger partial charge is 0.354 e. The maximum absolute atomic E-state index is 5.04. The summed E-state index contributed by atoms with van der Waals surface area (Å²) >= 11 is 3.49. The van der Waals surface area contributed by atoms with Gasteiger partial charge < -0.3 is 15.3 Å². The number of fused-ring (bicyclic) bond motifs is 4. The minimum atomic E-state index is 0.774. The Hall–Kier alpha value is -8.82. The predicted molar refractivity (Wildman–Crippen MR) is 304 cm³/mol. The van der Waals surface area contributed by atoms with Gasteiger partial charge in [-0.25, -0.2) is 9.97 Å². The minimum absolute atomic E-state index is 0.774. The average molecular weight is 1000 g/mol. The van der Waals surface area contributed by atoms with Gasteiger partial charge in [0, 0.05) is 91.2 Å². The van der Waals surface area contributed by atoms with Crippen LogP contribution in [0.3, 0.4) is 0 Å². The first kappa shape index (κ1) is 45.1. The molecule has 0 bridgehead atoms. The number of benzene rings is 3. The summed E-state index contributed by atoms with van der Waals surface area (Å²) in [5.41, 5.74) is 19.1. The fourth-order valence-corrected chi connectivity index (χ4v) is 11.6. The van der Waals surface area contributed by atoms with Crippen molar-refractivity contribution in [2.45, 2.75) is 19.9 Å². The number of hydrogen-bond donors (Lipinski definition) is 5. The molecule has 1 fully saturated rings. The van der Waals surface area contributed by atoms with Gasteiger partial charge in [0.2, 0.25) is 0 Å². The Morgan fingerprint density at radius 1 is 0.622 bits per heavy atom. The van der Waals surface area contributed by atoms with Crippen LogP contribution < -0.4 is 5.32 Å². The van der Waals surface area contributed by atoms with Crippen LogP contribution in [0, 0.1) is 5.92 Å². The number of aromatic amines is 4. The molecular weight excluding hydrogens is 953 g/mol. The molecule has 74 heavy (non-hydrogen) atoms. The fourth-order valence-electron chi connectivity index (χ4n) is 10.0. The Kier molecular flexibility index (Phi) is 11.8. The van der Waals surface area contributed by atoms with Crippen LogP contribution in [0.25, 0.3) is 116 Å². The third-order valence-corrected chi connectivity index (χ3v) is 15.5. The molecule has 11 heterocycles. The molecule has 360 valence electrons. The molecule has 5 N–H and O–H groups in total. The van der Waals surface area contributed by atoms with Gasteiger partial charge in [-0.05, 0) is 114 Å². The number of anilines is 1. The zero-order valence-corrected chi connectivity index (χ0v) is 41.9. The van der Waals surface area contributed by atoms with E-state index in [1.54, 1.807) is 28.9 Å². The highest BCUT2D eigenvalue weighted by Crippen LogP contribution is 2.38. The molecule has 0 spiro atoms. The summed E-state index contributed by atoms with van der Waals surface area (Å²) in [6.07, 6.45) is 8.76. The number of thiophene rings is 2. The number of likely N-dealkylation sites (tertiary alicyclic amines) is 1. The van der Waals surface area contributed by atoms with Gasteiger partial charge in [-0.3, -0.25) is 25.1 Å². The summed E-state index contributed by atoms with van der Waals surface area (Å²) in [7, 11) is 0. The van der Waals surface area contributed by atoms with E-state index in [2.05, 4.69) is 160 Å². The number of rotatable bonds is 11. The lowest BCUT2D eigenvalue weighted by Crippen LogP contribution is -2.19. The van der Waals surface area contributed by atoms with E-state index in [1.165, 1.54) is 43.6 Å². The van der Waals surface area contributed by atoms with Gasteiger partial charge in [0.05, 0.1) is 45.7 Å². The van der Waals surface area contributed by atoms with Crippen LogP contribution in [0.2, 0.25) is 0 Å². The maximum atomic E-state index is 5.04. The highest BCUT2D eigenvalue weighted by Gasteiger charge is 2.21. The van der Waals surface area contributed by atoms with Crippen molar-refractivity contribution >= 4 is 77.9 Å². The second kappa shape index (κ2) is 19.3. The van der Waals surface area contributed by atoms with Gasteiger partial charge in [-0.15, -0.1) is 22.7 Å². The Morgan fingerprint density at radius 2 is 1.22 bits per heavy atom. The minimum Gasteiger partial charge on any atom is -0.354 e. The summed E-state index contributed by atoms with van der Waals surface area (Å²) < 4.78 is 0. The number of pyridine rings is 4. The van der Waals surface area contributed by atoms with Crippen molar-refractivity contribution < 1.29 is 0 Å². The second-order valence-electron chi connectivity index (χ2n) is 18.8. The molecule has 1 saturated heterocycles. The monoisotopic (exact) mass is 1000 g/mol. The standard InChI is InChI=1S/C31H22N6S.C29H26N6S/c1-19(20-7-3-2-4-8-20)33-22-15-21(17-32-18-22)25-12-13-27-30(35-25)31(37-36-27)28-16-24-23(29-11-6-14-38-29)9-5-10-26(24)34-28;1-18-9-10-35(16-18)17-19-12-20(15-30-14-19)23-7-8-25-28(32-23)29(34-33-25)26-13-22-21(27-6-3-11-36-27)4-2-5-24(22)31-26/h2-18,33-34H,1H2,(H,36,37);2-8,11-15,18,31H,9-10,16-17H2,1H3,(H,33,34). The number of H-pyrrole nitrogens is 4. The molecule has 14 rings (SSSR count). The molecule has 1 unspecified atom stereocenters. The van der Waals surface area contributed by atoms with E-state index in [0.29, 0.717) is 0 Å². The quantitative estimate of drug-likeness (QED) is 0.0858. The van der Waals surface area contributed by atoms with E-state index in [0.717, 1.165) is 121 Å². The van der Waals surface area contributed by atoms with Crippen LogP contribution in [0.4, 0.5) is 5.69 Å². The lowest BCUT2D eigenvalue weighted by Gasteiger charge is -2.15. The van der Waals surface area contributed by atoms with E-state index in [4.69, 9.17) is 9.97 Å². The first-order valence-corrected chi connectivity index (χ1v) is 26.4. The lowest BCUT2D eigenvalue weighted by atomic mass is 10.1. The van der Waals surface area contributed by atoms with Crippen molar-refractivity contribution in [1.82, 2.24) is 55.2 Å². The third-order valence-electron chi connectivity index (χ3n) is 13.7. The molecule has 1 aliphatic rings. The van der Waals surface area contributed by atoms with E-state index < -0.39 is 0 Å². The Morgan fingerprint density at radius 3 is 1.78 bits per heavy atom. The molecule has 0 radical (unpaired) electrons. The molecule has 1 aliphatic heterocycles.